The van der Waals surface area contributed by atoms with Gasteiger partial charge in [0.25, 0.3) is 0 Å². The maximum atomic E-state index is 13.1. The molecule has 2 nitrogen and oxygen atoms in total. The quantitative estimate of drug-likeness (QED) is 0.745. The lowest BCUT2D eigenvalue weighted by Crippen LogP contribution is -2.37. The zero-order chi connectivity index (χ0) is 15.6. The van der Waals surface area contributed by atoms with Gasteiger partial charge in [-0.25, -0.2) is 0 Å². The van der Waals surface area contributed by atoms with Crippen LogP contribution < -0.4 is 4.90 Å². The molecule has 0 bridgehead atoms. The molecule has 0 saturated heterocycles. The zero-order valence-electron chi connectivity index (χ0n) is 13.0. The van der Waals surface area contributed by atoms with Crippen LogP contribution in [0.15, 0.2) is 67.3 Å². The second-order valence-corrected chi connectivity index (χ2v) is 6.05. The van der Waals surface area contributed by atoms with Gasteiger partial charge >= 0.3 is 0 Å². The number of allylic oxidation sites excluding steroid dienone is 1. The molecule has 2 aromatic carbocycles. The molecule has 0 aromatic heterocycles. The fourth-order valence-electron chi connectivity index (χ4n) is 3.25. The van der Waals surface area contributed by atoms with Crippen LogP contribution >= 0.6 is 0 Å². The van der Waals surface area contributed by atoms with E-state index in [1.165, 1.54) is 0 Å². The Morgan fingerprint density at radius 2 is 1.77 bits per heavy atom. The smallest absolute Gasteiger partial charge is 0.237 e. The number of anilines is 1. The molecule has 1 amide bonds. The molecule has 1 atom stereocenters. The number of carbonyl (C=O) groups excluding carboxylic acids is 1. The van der Waals surface area contributed by atoms with Gasteiger partial charge in [0.15, 0.2) is 0 Å². The standard InChI is InChI=1S/C20H21NO/c1-3-4-14-20(2)17-12-8-9-13-18(17)21(19(20)22)15-16-10-6-5-7-11-16/h3,5-13H,1,4,14-15H2,2H3. The minimum Gasteiger partial charge on any atom is -0.307 e. The van der Waals surface area contributed by atoms with Crippen molar-refractivity contribution in [2.45, 2.75) is 31.7 Å². The molecule has 3 rings (SSSR count). The Morgan fingerprint density at radius 3 is 2.50 bits per heavy atom. The van der Waals surface area contributed by atoms with Crippen molar-refractivity contribution >= 4 is 11.6 Å². The molecule has 0 aliphatic carbocycles. The first-order valence-electron chi connectivity index (χ1n) is 7.73. The van der Waals surface area contributed by atoms with Crippen molar-refractivity contribution in [1.82, 2.24) is 0 Å². The minimum atomic E-state index is -0.445. The topological polar surface area (TPSA) is 20.3 Å². The van der Waals surface area contributed by atoms with Gasteiger partial charge in [0.1, 0.15) is 0 Å². The van der Waals surface area contributed by atoms with Crippen LogP contribution in [0.3, 0.4) is 0 Å². The van der Waals surface area contributed by atoms with Crippen LogP contribution in [0, 0.1) is 0 Å². The molecule has 2 heteroatoms. The van der Waals surface area contributed by atoms with Crippen LogP contribution in [0.2, 0.25) is 0 Å². The Bertz CT molecular complexity index is 692. The highest BCUT2D eigenvalue weighted by Gasteiger charge is 2.46. The number of benzene rings is 2. The number of fused-ring (bicyclic) bond motifs is 1. The number of rotatable bonds is 5. The van der Waals surface area contributed by atoms with Crippen LogP contribution in [0.1, 0.15) is 30.9 Å². The molecule has 0 fully saturated rings. The molecule has 1 aliphatic rings. The summed E-state index contributed by atoms with van der Waals surface area (Å²) in [5.74, 6) is 0.194. The highest BCUT2D eigenvalue weighted by molar-refractivity contribution is 6.07. The van der Waals surface area contributed by atoms with E-state index in [-0.39, 0.29) is 5.91 Å². The van der Waals surface area contributed by atoms with E-state index in [1.54, 1.807) is 0 Å². The van der Waals surface area contributed by atoms with Gasteiger partial charge in [-0.1, -0.05) is 54.6 Å². The first kappa shape index (κ1) is 14.6. The molecular formula is C20H21NO. The predicted octanol–water partition coefficient (Wildman–Crippen LogP) is 4.46. The van der Waals surface area contributed by atoms with Gasteiger partial charge in [0, 0.05) is 5.69 Å². The first-order valence-corrected chi connectivity index (χ1v) is 7.73. The third-order valence-electron chi connectivity index (χ3n) is 4.54. The Balaban J connectivity index is 1.98. The van der Waals surface area contributed by atoms with Crippen LogP contribution in [-0.2, 0) is 16.8 Å². The molecular weight excluding hydrogens is 270 g/mol. The monoisotopic (exact) mass is 291 g/mol. The summed E-state index contributed by atoms with van der Waals surface area (Å²) in [5.41, 5.74) is 2.89. The predicted molar refractivity (Wildman–Crippen MR) is 90.9 cm³/mol. The number of hydrogen-bond acceptors (Lipinski definition) is 1. The SMILES string of the molecule is C=CCCC1(C)C(=O)N(Cc2ccccc2)c2ccccc21. The summed E-state index contributed by atoms with van der Waals surface area (Å²) < 4.78 is 0. The molecule has 112 valence electrons. The van der Waals surface area contributed by atoms with Crippen molar-refractivity contribution in [3.05, 3.63) is 78.4 Å². The van der Waals surface area contributed by atoms with Crippen LogP contribution in [-0.4, -0.2) is 5.91 Å². The lowest BCUT2D eigenvalue weighted by atomic mass is 9.79. The lowest BCUT2D eigenvalue weighted by Gasteiger charge is -2.24. The van der Waals surface area contributed by atoms with Crippen molar-refractivity contribution in [3.63, 3.8) is 0 Å². The highest BCUT2D eigenvalue weighted by Crippen LogP contribution is 2.44. The fourth-order valence-corrected chi connectivity index (χ4v) is 3.25. The molecule has 1 unspecified atom stereocenters. The van der Waals surface area contributed by atoms with E-state index >= 15 is 0 Å². The molecule has 2 aromatic rings. The summed E-state index contributed by atoms with van der Waals surface area (Å²) >= 11 is 0. The van der Waals surface area contributed by atoms with Crippen molar-refractivity contribution in [3.8, 4) is 0 Å². The van der Waals surface area contributed by atoms with E-state index < -0.39 is 5.41 Å². The van der Waals surface area contributed by atoms with E-state index in [0.29, 0.717) is 6.54 Å². The van der Waals surface area contributed by atoms with Gasteiger partial charge in [0.05, 0.1) is 12.0 Å². The third-order valence-corrected chi connectivity index (χ3v) is 4.54. The van der Waals surface area contributed by atoms with E-state index in [9.17, 15) is 4.79 Å². The highest BCUT2D eigenvalue weighted by atomic mass is 16.2. The van der Waals surface area contributed by atoms with Crippen molar-refractivity contribution < 1.29 is 4.79 Å². The minimum absolute atomic E-state index is 0.194. The number of carbonyl (C=O) groups is 1. The summed E-state index contributed by atoms with van der Waals surface area (Å²) in [6.07, 6.45) is 3.54. The van der Waals surface area contributed by atoms with Gasteiger partial charge in [-0.3, -0.25) is 4.79 Å². The second-order valence-electron chi connectivity index (χ2n) is 6.05. The summed E-state index contributed by atoms with van der Waals surface area (Å²) in [7, 11) is 0. The Hall–Kier alpha value is -2.35. The molecule has 0 spiro atoms. The van der Waals surface area contributed by atoms with E-state index in [4.69, 9.17) is 0 Å². The van der Waals surface area contributed by atoms with Gasteiger partial charge in [-0.15, -0.1) is 6.58 Å². The summed E-state index contributed by atoms with van der Waals surface area (Å²) in [5, 5.41) is 0. The van der Waals surface area contributed by atoms with Gasteiger partial charge in [-0.05, 0) is 37.0 Å². The maximum absolute atomic E-state index is 13.1. The molecule has 0 radical (unpaired) electrons. The molecule has 0 saturated carbocycles. The average Bonchev–Trinajstić information content (AvgIpc) is 2.77. The molecule has 1 heterocycles. The largest absolute Gasteiger partial charge is 0.307 e. The van der Waals surface area contributed by atoms with E-state index in [2.05, 4.69) is 37.8 Å². The zero-order valence-corrected chi connectivity index (χ0v) is 13.0. The third kappa shape index (κ3) is 2.35. The number of amides is 1. The summed E-state index contributed by atoms with van der Waals surface area (Å²) in [6, 6.07) is 18.3. The Labute approximate surface area is 132 Å². The molecule has 22 heavy (non-hydrogen) atoms. The Morgan fingerprint density at radius 1 is 1.09 bits per heavy atom. The summed E-state index contributed by atoms with van der Waals surface area (Å²) in [6.45, 7) is 6.48. The van der Waals surface area contributed by atoms with Crippen molar-refractivity contribution in [2.24, 2.45) is 0 Å². The number of para-hydroxylation sites is 1. The van der Waals surface area contributed by atoms with Crippen LogP contribution in [0.4, 0.5) is 5.69 Å². The number of nitrogens with zero attached hydrogens (tertiary/aromatic N) is 1. The summed E-state index contributed by atoms with van der Waals surface area (Å²) in [4.78, 5) is 15.0. The average molecular weight is 291 g/mol. The van der Waals surface area contributed by atoms with Crippen molar-refractivity contribution in [2.75, 3.05) is 4.90 Å². The van der Waals surface area contributed by atoms with E-state index in [1.807, 2.05) is 41.3 Å². The molecule has 1 aliphatic heterocycles. The second kappa shape index (κ2) is 5.80. The fraction of sp³-hybridized carbons (Fsp3) is 0.250. The maximum Gasteiger partial charge on any atom is 0.237 e. The van der Waals surface area contributed by atoms with Gasteiger partial charge in [0.2, 0.25) is 5.91 Å². The normalized spacial score (nSPS) is 20.0. The Kier molecular flexibility index (Phi) is 3.84. The first-order chi connectivity index (χ1) is 10.7. The van der Waals surface area contributed by atoms with Gasteiger partial charge < -0.3 is 4.90 Å². The van der Waals surface area contributed by atoms with Gasteiger partial charge in [-0.2, -0.15) is 0 Å². The van der Waals surface area contributed by atoms with Crippen molar-refractivity contribution in [1.29, 1.82) is 0 Å². The van der Waals surface area contributed by atoms with Crippen LogP contribution in [0.5, 0.6) is 0 Å². The number of hydrogen-bond donors (Lipinski definition) is 0. The van der Waals surface area contributed by atoms with Crippen LogP contribution in [0.25, 0.3) is 0 Å². The van der Waals surface area contributed by atoms with E-state index in [0.717, 1.165) is 29.7 Å². The molecule has 0 N–H and O–H groups in total. The lowest BCUT2D eigenvalue weighted by molar-refractivity contribution is -0.123.